The Kier molecular flexibility index (Phi) is 6.15. The van der Waals surface area contributed by atoms with Crippen LogP contribution < -0.4 is 15.2 Å². The molecule has 0 aromatic heterocycles. The molecule has 4 heteroatoms. The molecule has 1 aliphatic rings. The van der Waals surface area contributed by atoms with E-state index in [2.05, 4.69) is 11.0 Å². The van der Waals surface area contributed by atoms with Gasteiger partial charge < -0.3 is 20.1 Å². The second-order valence-electron chi connectivity index (χ2n) is 5.27. The third-order valence-electron chi connectivity index (χ3n) is 3.74. The Bertz CT molecular complexity index is 403. The first-order valence-electron chi connectivity index (χ1n) is 7.55. The van der Waals surface area contributed by atoms with Crippen LogP contribution in [0.4, 0.5) is 0 Å². The number of likely N-dealkylation sites (tertiary alicyclic amines) is 1. The normalized spacial score (nSPS) is 15.5. The number of rotatable bonds is 8. The molecule has 0 unspecified atom stereocenters. The first-order chi connectivity index (χ1) is 9.83. The monoisotopic (exact) mass is 278 g/mol. The van der Waals surface area contributed by atoms with Crippen LogP contribution in [0.2, 0.25) is 0 Å². The van der Waals surface area contributed by atoms with Crippen molar-refractivity contribution in [2.24, 2.45) is 5.73 Å². The van der Waals surface area contributed by atoms with Crippen molar-refractivity contribution in [1.82, 2.24) is 4.90 Å². The van der Waals surface area contributed by atoms with Crippen LogP contribution in [-0.2, 0) is 6.42 Å². The predicted octanol–water partition coefficient (Wildman–Crippen LogP) is 2.06. The minimum absolute atomic E-state index is 0.652. The average molecular weight is 278 g/mol. The Labute approximate surface area is 121 Å². The standard InChI is InChI=1S/C16H26N2O2/c1-19-16-13-14(7-8-17)5-6-15(16)20-12-4-11-18-9-2-3-10-18/h5-6,13H,2-4,7-12,17H2,1H3. The maximum absolute atomic E-state index is 5.84. The lowest BCUT2D eigenvalue weighted by Gasteiger charge is -2.15. The fraction of sp³-hybridized carbons (Fsp3) is 0.625. The summed E-state index contributed by atoms with van der Waals surface area (Å²) in [6.45, 7) is 5.02. The fourth-order valence-electron chi connectivity index (χ4n) is 2.63. The lowest BCUT2D eigenvalue weighted by Crippen LogP contribution is -2.21. The quantitative estimate of drug-likeness (QED) is 0.740. The third kappa shape index (κ3) is 4.39. The van der Waals surface area contributed by atoms with E-state index in [1.54, 1.807) is 7.11 Å². The minimum Gasteiger partial charge on any atom is -0.493 e. The summed E-state index contributed by atoms with van der Waals surface area (Å²) in [5, 5.41) is 0. The molecule has 2 rings (SSSR count). The van der Waals surface area contributed by atoms with Gasteiger partial charge in [0.2, 0.25) is 0 Å². The zero-order valence-corrected chi connectivity index (χ0v) is 12.4. The Morgan fingerprint density at radius 2 is 2.00 bits per heavy atom. The molecule has 0 saturated carbocycles. The zero-order chi connectivity index (χ0) is 14.2. The van der Waals surface area contributed by atoms with Crippen molar-refractivity contribution < 1.29 is 9.47 Å². The van der Waals surface area contributed by atoms with Crippen LogP contribution in [0.15, 0.2) is 18.2 Å². The summed E-state index contributed by atoms with van der Waals surface area (Å²) < 4.78 is 11.2. The van der Waals surface area contributed by atoms with Gasteiger partial charge in [-0.15, -0.1) is 0 Å². The highest BCUT2D eigenvalue weighted by Gasteiger charge is 2.11. The number of nitrogens with zero attached hydrogens (tertiary/aromatic N) is 1. The summed E-state index contributed by atoms with van der Waals surface area (Å²) in [6.07, 6.45) is 4.62. The summed E-state index contributed by atoms with van der Waals surface area (Å²) in [5.74, 6) is 1.63. The van der Waals surface area contributed by atoms with Crippen LogP contribution in [0.5, 0.6) is 11.5 Å². The van der Waals surface area contributed by atoms with Crippen molar-refractivity contribution >= 4 is 0 Å². The summed E-state index contributed by atoms with van der Waals surface area (Å²) >= 11 is 0. The minimum atomic E-state index is 0.652. The Balaban J connectivity index is 1.79. The molecule has 1 fully saturated rings. The third-order valence-corrected chi connectivity index (χ3v) is 3.74. The maximum Gasteiger partial charge on any atom is 0.161 e. The molecule has 20 heavy (non-hydrogen) atoms. The number of ether oxygens (including phenoxy) is 2. The van der Waals surface area contributed by atoms with Gasteiger partial charge in [0.15, 0.2) is 11.5 Å². The van der Waals surface area contributed by atoms with E-state index < -0.39 is 0 Å². The molecule has 0 radical (unpaired) electrons. The van der Waals surface area contributed by atoms with Gasteiger partial charge in [0, 0.05) is 6.54 Å². The first kappa shape index (κ1) is 15.1. The number of nitrogens with two attached hydrogens (primary N) is 1. The smallest absolute Gasteiger partial charge is 0.161 e. The van der Waals surface area contributed by atoms with Crippen molar-refractivity contribution in [3.8, 4) is 11.5 Å². The van der Waals surface area contributed by atoms with Gasteiger partial charge in [0.25, 0.3) is 0 Å². The van der Waals surface area contributed by atoms with Crippen LogP contribution >= 0.6 is 0 Å². The van der Waals surface area contributed by atoms with Crippen LogP contribution in [0.25, 0.3) is 0 Å². The lowest BCUT2D eigenvalue weighted by atomic mass is 10.1. The molecule has 0 atom stereocenters. The lowest BCUT2D eigenvalue weighted by molar-refractivity contribution is 0.254. The molecule has 1 aliphatic heterocycles. The molecule has 0 spiro atoms. The first-order valence-corrected chi connectivity index (χ1v) is 7.55. The summed E-state index contributed by atoms with van der Waals surface area (Å²) in [4.78, 5) is 2.50. The van der Waals surface area contributed by atoms with Gasteiger partial charge in [-0.3, -0.25) is 0 Å². The number of benzene rings is 1. The van der Waals surface area contributed by atoms with Crippen molar-refractivity contribution in [1.29, 1.82) is 0 Å². The van der Waals surface area contributed by atoms with Gasteiger partial charge in [-0.25, -0.2) is 0 Å². The summed E-state index contributed by atoms with van der Waals surface area (Å²) in [6, 6.07) is 6.06. The highest BCUT2D eigenvalue weighted by Crippen LogP contribution is 2.28. The molecule has 1 aromatic carbocycles. The van der Waals surface area contributed by atoms with Gasteiger partial charge in [-0.2, -0.15) is 0 Å². The molecule has 4 nitrogen and oxygen atoms in total. The van der Waals surface area contributed by atoms with E-state index in [0.717, 1.165) is 37.5 Å². The van der Waals surface area contributed by atoms with E-state index in [1.165, 1.54) is 31.5 Å². The molecule has 2 N–H and O–H groups in total. The average Bonchev–Trinajstić information content (AvgIpc) is 2.98. The van der Waals surface area contributed by atoms with Gasteiger partial charge in [0.05, 0.1) is 13.7 Å². The Hall–Kier alpha value is -1.26. The molecule has 1 heterocycles. The topological polar surface area (TPSA) is 47.7 Å². The van der Waals surface area contributed by atoms with Crippen molar-refractivity contribution in [2.75, 3.05) is 39.9 Å². The van der Waals surface area contributed by atoms with Gasteiger partial charge in [-0.1, -0.05) is 6.07 Å². The van der Waals surface area contributed by atoms with E-state index in [0.29, 0.717) is 6.54 Å². The van der Waals surface area contributed by atoms with Crippen LogP contribution in [0.1, 0.15) is 24.8 Å². The SMILES string of the molecule is COc1cc(CCN)ccc1OCCCN1CCCC1. The highest BCUT2D eigenvalue weighted by atomic mass is 16.5. The molecular weight excluding hydrogens is 252 g/mol. The second-order valence-corrected chi connectivity index (χ2v) is 5.27. The van der Waals surface area contributed by atoms with Gasteiger partial charge in [-0.05, 0) is 63.0 Å². The molecule has 112 valence electrons. The summed E-state index contributed by atoms with van der Waals surface area (Å²) in [7, 11) is 1.68. The molecule has 0 bridgehead atoms. The van der Waals surface area contributed by atoms with E-state index in [1.807, 2.05) is 12.1 Å². The Morgan fingerprint density at radius 1 is 1.20 bits per heavy atom. The fourth-order valence-corrected chi connectivity index (χ4v) is 2.63. The molecule has 1 aromatic rings. The molecule has 0 amide bonds. The maximum atomic E-state index is 5.84. The van der Waals surface area contributed by atoms with Crippen molar-refractivity contribution in [3.05, 3.63) is 23.8 Å². The predicted molar refractivity (Wildman–Crippen MR) is 81.5 cm³/mol. The number of methoxy groups -OCH3 is 1. The van der Waals surface area contributed by atoms with Crippen LogP contribution in [0.3, 0.4) is 0 Å². The van der Waals surface area contributed by atoms with E-state index in [4.69, 9.17) is 15.2 Å². The second kappa shape index (κ2) is 8.12. The van der Waals surface area contributed by atoms with Crippen LogP contribution in [0, 0.1) is 0 Å². The molecule has 1 saturated heterocycles. The Morgan fingerprint density at radius 3 is 2.70 bits per heavy atom. The highest BCUT2D eigenvalue weighted by molar-refractivity contribution is 5.43. The van der Waals surface area contributed by atoms with Gasteiger partial charge in [0.1, 0.15) is 0 Å². The van der Waals surface area contributed by atoms with Crippen molar-refractivity contribution in [3.63, 3.8) is 0 Å². The van der Waals surface area contributed by atoms with E-state index >= 15 is 0 Å². The number of hydrogen-bond donors (Lipinski definition) is 1. The van der Waals surface area contributed by atoms with Gasteiger partial charge >= 0.3 is 0 Å². The largest absolute Gasteiger partial charge is 0.493 e. The van der Waals surface area contributed by atoms with E-state index in [-0.39, 0.29) is 0 Å². The molecular formula is C16H26N2O2. The van der Waals surface area contributed by atoms with E-state index in [9.17, 15) is 0 Å². The molecule has 0 aliphatic carbocycles. The zero-order valence-electron chi connectivity index (χ0n) is 12.4. The van der Waals surface area contributed by atoms with Crippen molar-refractivity contribution in [2.45, 2.75) is 25.7 Å². The number of hydrogen-bond acceptors (Lipinski definition) is 4. The summed E-state index contributed by atoms with van der Waals surface area (Å²) in [5.41, 5.74) is 6.76. The van der Waals surface area contributed by atoms with Crippen LogP contribution in [-0.4, -0.2) is 44.8 Å².